The highest BCUT2D eigenvalue weighted by molar-refractivity contribution is 9.10. The quantitative estimate of drug-likeness (QED) is 0.582. The molecule has 2 nitrogen and oxygen atoms in total. The Hall–Kier alpha value is -0.380. The summed E-state index contributed by atoms with van der Waals surface area (Å²) in [6.45, 7) is 7.60. The second kappa shape index (κ2) is 11.2. The van der Waals surface area contributed by atoms with Gasteiger partial charge in [-0.05, 0) is 55.8 Å². The van der Waals surface area contributed by atoms with Gasteiger partial charge in [0.15, 0.2) is 0 Å². The first-order valence-corrected chi connectivity index (χ1v) is 8.85. The molecule has 0 bridgehead atoms. The fourth-order valence-corrected chi connectivity index (χ4v) is 2.95. The zero-order valence-corrected chi connectivity index (χ0v) is 15.3. The molecule has 0 radical (unpaired) electrons. The smallest absolute Gasteiger partial charge is 0.0462 e. The lowest BCUT2D eigenvalue weighted by Gasteiger charge is -2.19. The summed E-state index contributed by atoms with van der Waals surface area (Å²) in [5, 5.41) is 3.62. The molecule has 0 aliphatic carbocycles. The van der Waals surface area contributed by atoms with Crippen LogP contribution >= 0.6 is 15.9 Å². The Kier molecular flexibility index (Phi) is 9.98. The van der Waals surface area contributed by atoms with E-state index in [1.54, 1.807) is 7.11 Å². The predicted octanol–water partition coefficient (Wildman–Crippen LogP) is 4.67. The summed E-state index contributed by atoms with van der Waals surface area (Å²) in [5.74, 6) is 1.40. The minimum absolute atomic E-state index is 0.694. The summed E-state index contributed by atoms with van der Waals surface area (Å²) in [7, 11) is 1.78. The molecular weight excluding hydrogens is 326 g/mol. The average molecular weight is 356 g/mol. The first-order chi connectivity index (χ1) is 10.1. The summed E-state index contributed by atoms with van der Waals surface area (Å²) in [4.78, 5) is 0. The standard InChI is InChI=1S/C18H30BrNO/c1-15(2)13-20-14-16(8-6-7-11-21-3)12-17-9-4-5-10-18(17)19/h4-5,9-10,15-16,20H,6-8,11-14H2,1-3H3. The van der Waals surface area contributed by atoms with Crippen molar-refractivity contribution < 1.29 is 4.74 Å². The van der Waals surface area contributed by atoms with Crippen molar-refractivity contribution in [1.82, 2.24) is 5.32 Å². The number of rotatable bonds is 11. The van der Waals surface area contributed by atoms with Gasteiger partial charge in [0.05, 0.1) is 0 Å². The number of nitrogens with one attached hydrogen (secondary N) is 1. The molecule has 0 fully saturated rings. The summed E-state index contributed by atoms with van der Waals surface area (Å²) < 4.78 is 6.38. The van der Waals surface area contributed by atoms with E-state index in [-0.39, 0.29) is 0 Å². The van der Waals surface area contributed by atoms with Gasteiger partial charge < -0.3 is 10.1 Å². The van der Waals surface area contributed by atoms with Crippen molar-refractivity contribution in [2.75, 3.05) is 26.8 Å². The van der Waals surface area contributed by atoms with Gasteiger partial charge in [-0.3, -0.25) is 0 Å². The van der Waals surface area contributed by atoms with E-state index in [0.29, 0.717) is 11.8 Å². The van der Waals surface area contributed by atoms with Crippen LogP contribution in [0.4, 0.5) is 0 Å². The third kappa shape index (κ3) is 8.60. The summed E-state index contributed by atoms with van der Waals surface area (Å²) in [6, 6.07) is 8.58. The van der Waals surface area contributed by atoms with Crippen LogP contribution in [0.3, 0.4) is 0 Å². The van der Waals surface area contributed by atoms with E-state index in [2.05, 4.69) is 59.4 Å². The monoisotopic (exact) mass is 355 g/mol. The molecule has 0 amide bonds. The number of ether oxygens (including phenoxy) is 1. The molecule has 1 N–H and O–H groups in total. The molecule has 1 atom stereocenters. The molecule has 0 heterocycles. The fourth-order valence-electron chi connectivity index (χ4n) is 2.51. The van der Waals surface area contributed by atoms with E-state index < -0.39 is 0 Å². The summed E-state index contributed by atoms with van der Waals surface area (Å²) in [5.41, 5.74) is 1.42. The van der Waals surface area contributed by atoms with Gasteiger partial charge in [-0.1, -0.05) is 54.4 Å². The van der Waals surface area contributed by atoms with Crippen molar-refractivity contribution in [3.05, 3.63) is 34.3 Å². The highest BCUT2D eigenvalue weighted by Crippen LogP contribution is 2.22. The Bertz CT molecular complexity index is 381. The molecule has 1 rings (SSSR count). The number of halogens is 1. The first-order valence-electron chi connectivity index (χ1n) is 8.06. The van der Waals surface area contributed by atoms with Gasteiger partial charge >= 0.3 is 0 Å². The lowest BCUT2D eigenvalue weighted by molar-refractivity contribution is 0.190. The van der Waals surface area contributed by atoms with Gasteiger partial charge in [-0.15, -0.1) is 0 Å². The van der Waals surface area contributed by atoms with Gasteiger partial charge in [0.2, 0.25) is 0 Å². The van der Waals surface area contributed by atoms with Crippen LogP contribution < -0.4 is 5.32 Å². The zero-order chi connectivity index (χ0) is 15.5. The summed E-state index contributed by atoms with van der Waals surface area (Å²) >= 11 is 3.67. The lowest BCUT2D eigenvalue weighted by Crippen LogP contribution is -2.27. The summed E-state index contributed by atoms with van der Waals surface area (Å²) in [6.07, 6.45) is 4.80. The Labute approximate surface area is 138 Å². The van der Waals surface area contributed by atoms with E-state index in [4.69, 9.17) is 4.74 Å². The number of benzene rings is 1. The SMILES string of the molecule is COCCCCC(CNCC(C)C)Cc1ccccc1Br. The minimum atomic E-state index is 0.694. The Morgan fingerprint density at radius 1 is 1.14 bits per heavy atom. The Morgan fingerprint density at radius 3 is 2.57 bits per heavy atom. The zero-order valence-electron chi connectivity index (χ0n) is 13.7. The molecule has 21 heavy (non-hydrogen) atoms. The van der Waals surface area contributed by atoms with Crippen LogP contribution in [0, 0.1) is 11.8 Å². The molecule has 0 aliphatic rings. The van der Waals surface area contributed by atoms with Crippen LogP contribution in [0.25, 0.3) is 0 Å². The van der Waals surface area contributed by atoms with Crippen molar-refractivity contribution in [3.8, 4) is 0 Å². The highest BCUT2D eigenvalue weighted by Gasteiger charge is 2.11. The maximum Gasteiger partial charge on any atom is 0.0462 e. The molecule has 3 heteroatoms. The molecule has 0 saturated heterocycles. The molecule has 1 aromatic carbocycles. The van der Waals surface area contributed by atoms with Gasteiger partial charge in [-0.2, -0.15) is 0 Å². The Morgan fingerprint density at radius 2 is 1.90 bits per heavy atom. The van der Waals surface area contributed by atoms with E-state index in [9.17, 15) is 0 Å². The van der Waals surface area contributed by atoms with Crippen molar-refractivity contribution in [3.63, 3.8) is 0 Å². The average Bonchev–Trinajstić information content (AvgIpc) is 2.45. The predicted molar refractivity (Wildman–Crippen MR) is 94.8 cm³/mol. The highest BCUT2D eigenvalue weighted by atomic mass is 79.9. The van der Waals surface area contributed by atoms with Crippen LogP contribution in [-0.4, -0.2) is 26.8 Å². The maximum absolute atomic E-state index is 5.15. The molecule has 0 aromatic heterocycles. The molecule has 0 aliphatic heterocycles. The van der Waals surface area contributed by atoms with Crippen LogP contribution in [0.5, 0.6) is 0 Å². The van der Waals surface area contributed by atoms with E-state index >= 15 is 0 Å². The number of methoxy groups -OCH3 is 1. The molecule has 120 valence electrons. The molecular formula is C18H30BrNO. The van der Waals surface area contributed by atoms with Crippen molar-refractivity contribution in [1.29, 1.82) is 0 Å². The van der Waals surface area contributed by atoms with Gasteiger partial charge in [0.25, 0.3) is 0 Å². The van der Waals surface area contributed by atoms with Crippen molar-refractivity contribution >= 4 is 15.9 Å². The third-order valence-electron chi connectivity index (χ3n) is 3.66. The van der Waals surface area contributed by atoms with Crippen molar-refractivity contribution in [2.24, 2.45) is 11.8 Å². The maximum atomic E-state index is 5.15. The topological polar surface area (TPSA) is 21.3 Å². The van der Waals surface area contributed by atoms with Crippen LogP contribution in [0.2, 0.25) is 0 Å². The second-order valence-corrected chi connectivity index (χ2v) is 7.06. The van der Waals surface area contributed by atoms with Crippen LogP contribution in [-0.2, 0) is 11.2 Å². The number of unbranched alkanes of at least 4 members (excludes halogenated alkanes) is 1. The van der Waals surface area contributed by atoms with Gasteiger partial charge in [-0.25, -0.2) is 0 Å². The molecule has 1 aromatic rings. The van der Waals surface area contributed by atoms with Crippen LogP contribution in [0.15, 0.2) is 28.7 Å². The normalized spacial score (nSPS) is 12.8. The lowest BCUT2D eigenvalue weighted by atomic mass is 9.94. The first kappa shape index (κ1) is 18.7. The number of hydrogen-bond acceptors (Lipinski definition) is 2. The third-order valence-corrected chi connectivity index (χ3v) is 4.44. The van der Waals surface area contributed by atoms with Crippen molar-refractivity contribution in [2.45, 2.75) is 39.5 Å². The van der Waals surface area contributed by atoms with E-state index in [1.165, 1.54) is 22.9 Å². The number of hydrogen-bond donors (Lipinski definition) is 1. The van der Waals surface area contributed by atoms with E-state index in [1.807, 2.05) is 0 Å². The van der Waals surface area contributed by atoms with Crippen LogP contribution in [0.1, 0.15) is 38.7 Å². The van der Waals surface area contributed by atoms with Gasteiger partial charge in [0.1, 0.15) is 0 Å². The molecule has 0 spiro atoms. The largest absolute Gasteiger partial charge is 0.385 e. The second-order valence-electron chi connectivity index (χ2n) is 6.20. The Balaban J connectivity index is 2.47. The van der Waals surface area contributed by atoms with Gasteiger partial charge in [0, 0.05) is 18.2 Å². The minimum Gasteiger partial charge on any atom is -0.385 e. The van der Waals surface area contributed by atoms with E-state index in [0.717, 1.165) is 32.5 Å². The molecule has 0 saturated carbocycles. The fraction of sp³-hybridized carbons (Fsp3) is 0.667. The molecule has 1 unspecified atom stereocenters.